The maximum absolute atomic E-state index is 12.7. The molecule has 25 heavy (non-hydrogen) atoms. The summed E-state index contributed by atoms with van der Waals surface area (Å²) in [5, 5.41) is 3.13. The number of hydrogen-bond acceptors (Lipinski definition) is 3. The number of fused-ring (bicyclic) bond motifs is 1. The summed E-state index contributed by atoms with van der Waals surface area (Å²) in [7, 11) is 0. The lowest BCUT2D eigenvalue weighted by molar-refractivity contribution is -0.119. The van der Waals surface area contributed by atoms with Crippen LogP contribution in [0.2, 0.25) is 0 Å². The van der Waals surface area contributed by atoms with E-state index in [9.17, 15) is 14.4 Å². The Morgan fingerprint density at radius 1 is 1.16 bits per heavy atom. The number of benzene rings is 2. The third-order valence-corrected chi connectivity index (χ3v) is 4.66. The summed E-state index contributed by atoms with van der Waals surface area (Å²) < 4.78 is 1.70. The van der Waals surface area contributed by atoms with Crippen molar-refractivity contribution in [2.45, 2.75) is 19.4 Å². The Balaban J connectivity index is 2.05. The topological polar surface area (TPSA) is 84.0 Å². The van der Waals surface area contributed by atoms with Gasteiger partial charge in [-0.15, -0.1) is 0 Å². The van der Waals surface area contributed by atoms with E-state index in [1.807, 2.05) is 6.07 Å². The van der Waals surface area contributed by atoms with Crippen LogP contribution in [0.1, 0.15) is 19.4 Å². The molecule has 1 atom stereocenters. The lowest BCUT2D eigenvalue weighted by atomic mass is 10.1. The van der Waals surface area contributed by atoms with Gasteiger partial charge in [-0.3, -0.25) is 9.59 Å². The fourth-order valence-corrected chi connectivity index (χ4v) is 3.11. The smallest absolute Gasteiger partial charge is 0.323 e. The van der Waals surface area contributed by atoms with E-state index in [1.165, 1.54) is 0 Å². The first-order valence-electron chi connectivity index (χ1n) is 7.82. The number of amides is 1. The second kappa shape index (κ2) is 7.06. The van der Waals surface area contributed by atoms with Gasteiger partial charge < -0.3 is 10.3 Å². The quantitative estimate of drug-likeness (QED) is 0.704. The van der Waals surface area contributed by atoms with Crippen molar-refractivity contribution in [3.63, 3.8) is 0 Å². The summed E-state index contributed by atoms with van der Waals surface area (Å²) in [6.07, 6.45) is 0.303. The Kier molecular flexibility index (Phi) is 4.85. The predicted octanol–water partition coefficient (Wildman–Crippen LogP) is 3.04. The van der Waals surface area contributed by atoms with Crippen molar-refractivity contribution in [1.29, 1.82) is 0 Å². The van der Waals surface area contributed by atoms with Crippen LogP contribution in [-0.4, -0.2) is 15.5 Å². The van der Waals surface area contributed by atoms with Crippen LogP contribution in [-0.2, 0) is 4.79 Å². The summed E-state index contributed by atoms with van der Waals surface area (Å²) >= 11 is 3.36. The highest BCUT2D eigenvalue weighted by Crippen LogP contribution is 2.22. The zero-order chi connectivity index (χ0) is 18.0. The van der Waals surface area contributed by atoms with Gasteiger partial charge in [-0.1, -0.05) is 31.2 Å². The van der Waals surface area contributed by atoms with Crippen molar-refractivity contribution in [2.75, 3.05) is 5.32 Å². The lowest BCUT2D eigenvalue weighted by Gasteiger charge is -2.18. The van der Waals surface area contributed by atoms with Gasteiger partial charge in [0, 0.05) is 4.47 Å². The number of nitrogens with zero attached hydrogens (tertiary/aromatic N) is 1. The number of aromatic amines is 1. The van der Waals surface area contributed by atoms with Crippen LogP contribution in [0.15, 0.2) is 62.6 Å². The molecular weight excluding hydrogens is 386 g/mol. The van der Waals surface area contributed by atoms with Gasteiger partial charge in [0.2, 0.25) is 5.91 Å². The average Bonchev–Trinajstić information content (AvgIpc) is 2.60. The molecule has 0 aliphatic heterocycles. The number of para-hydroxylation sites is 2. The molecule has 3 aromatic rings. The van der Waals surface area contributed by atoms with E-state index < -0.39 is 23.2 Å². The summed E-state index contributed by atoms with van der Waals surface area (Å²) in [6, 6.07) is 13.0. The molecule has 0 fully saturated rings. The molecule has 0 aliphatic carbocycles. The highest BCUT2D eigenvalue weighted by Gasteiger charge is 2.23. The van der Waals surface area contributed by atoms with Crippen LogP contribution in [0, 0.1) is 0 Å². The molecule has 0 radical (unpaired) electrons. The minimum Gasteiger partial charge on any atom is -0.323 e. The fourth-order valence-electron chi connectivity index (χ4n) is 2.72. The number of halogens is 1. The SMILES string of the molecule is CCC(C(=O)Nc1ccccc1Br)n1c(=O)[nH]c2ccccc2c1=O. The van der Waals surface area contributed by atoms with Crippen LogP contribution < -0.4 is 16.6 Å². The minimum atomic E-state index is -0.909. The Hall–Kier alpha value is -2.67. The third-order valence-electron chi connectivity index (χ3n) is 3.97. The molecule has 7 heteroatoms. The first kappa shape index (κ1) is 17.2. The van der Waals surface area contributed by atoms with Gasteiger partial charge in [-0.25, -0.2) is 9.36 Å². The normalized spacial score (nSPS) is 12.1. The second-order valence-electron chi connectivity index (χ2n) is 5.54. The van der Waals surface area contributed by atoms with E-state index in [-0.39, 0.29) is 0 Å². The van der Waals surface area contributed by atoms with E-state index in [4.69, 9.17) is 0 Å². The molecule has 3 rings (SSSR count). The molecule has 0 saturated carbocycles. The molecule has 0 spiro atoms. The van der Waals surface area contributed by atoms with E-state index in [2.05, 4.69) is 26.2 Å². The predicted molar refractivity (Wildman–Crippen MR) is 101 cm³/mol. The van der Waals surface area contributed by atoms with Crippen molar-refractivity contribution in [1.82, 2.24) is 9.55 Å². The highest BCUT2D eigenvalue weighted by molar-refractivity contribution is 9.10. The summed E-state index contributed by atoms with van der Waals surface area (Å²) in [4.78, 5) is 40.5. The van der Waals surface area contributed by atoms with E-state index in [0.717, 1.165) is 9.04 Å². The van der Waals surface area contributed by atoms with Gasteiger partial charge in [0.1, 0.15) is 6.04 Å². The van der Waals surface area contributed by atoms with Crippen LogP contribution in [0.4, 0.5) is 5.69 Å². The number of aromatic nitrogens is 2. The number of hydrogen-bond donors (Lipinski definition) is 2. The number of nitrogens with one attached hydrogen (secondary N) is 2. The molecule has 128 valence electrons. The average molecular weight is 402 g/mol. The van der Waals surface area contributed by atoms with Crippen molar-refractivity contribution in [3.8, 4) is 0 Å². The number of carbonyl (C=O) groups excluding carboxylic acids is 1. The molecule has 0 aliphatic rings. The van der Waals surface area contributed by atoms with E-state index >= 15 is 0 Å². The zero-order valence-electron chi connectivity index (χ0n) is 13.5. The summed E-state index contributed by atoms with van der Waals surface area (Å²) in [6.45, 7) is 1.76. The lowest BCUT2D eigenvalue weighted by Crippen LogP contribution is -2.42. The van der Waals surface area contributed by atoms with Gasteiger partial charge in [0.05, 0.1) is 16.6 Å². The molecule has 2 N–H and O–H groups in total. The first-order valence-corrected chi connectivity index (χ1v) is 8.61. The van der Waals surface area contributed by atoms with Gasteiger partial charge >= 0.3 is 5.69 Å². The third kappa shape index (κ3) is 3.28. The maximum atomic E-state index is 12.7. The molecule has 0 saturated heterocycles. The fraction of sp³-hybridized carbons (Fsp3) is 0.167. The maximum Gasteiger partial charge on any atom is 0.329 e. The van der Waals surface area contributed by atoms with Crippen LogP contribution in [0.5, 0.6) is 0 Å². The van der Waals surface area contributed by atoms with Gasteiger partial charge in [0.15, 0.2) is 0 Å². The Bertz CT molecular complexity index is 1060. The molecule has 1 unspecified atom stereocenters. The van der Waals surface area contributed by atoms with Crippen molar-refractivity contribution >= 4 is 38.4 Å². The van der Waals surface area contributed by atoms with Crippen molar-refractivity contribution < 1.29 is 4.79 Å². The largest absolute Gasteiger partial charge is 0.329 e. The highest BCUT2D eigenvalue weighted by atomic mass is 79.9. The molecule has 1 aromatic heterocycles. The van der Waals surface area contributed by atoms with Gasteiger partial charge in [-0.05, 0) is 46.6 Å². The first-order chi connectivity index (χ1) is 12.0. The standard InChI is InChI=1S/C18H16BrN3O3/c1-2-15(16(23)20-14-10-6-4-8-12(14)19)22-17(24)11-7-3-5-9-13(11)21-18(22)25/h3-10,15H,2H2,1H3,(H,20,23)(H,21,25). The molecule has 0 bridgehead atoms. The number of H-pyrrole nitrogens is 1. The molecule has 6 nitrogen and oxygen atoms in total. The monoisotopic (exact) mass is 401 g/mol. The van der Waals surface area contributed by atoms with Crippen molar-refractivity contribution in [2.24, 2.45) is 0 Å². The Morgan fingerprint density at radius 3 is 2.56 bits per heavy atom. The van der Waals surface area contributed by atoms with Crippen LogP contribution >= 0.6 is 15.9 Å². The number of anilines is 1. The van der Waals surface area contributed by atoms with Crippen LogP contribution in [0.25, 0.3) is 10.9 Å². The van der Waals surface area contributed by atoms with Gasteiger partial charge in [0.25, 0.3) is 5.56 Å². The summed E-state index contributed by atoms with van der Waals surface area (Å²) in [5.41, 5.74) is -0.0441. The molecular formula is C18H16BrN3O3. The minimum absolute atomic E-state index is 0.303. The van der Waals surface area contributed by atoms with Crippen LogP contribution in [0.3, 0.4) is 0 Å². The number of carbonyl (C=O) groups is 1. The molecule has 1 heterocycles. The zero-order valence-corrected chi connectivity index (χ0v) is 15.0. The van der Waals surface area contributed by atoms with E-state index in [0.29, 0.717) is 23.0 Å². The Morgan fingerprint density at radius 2 is 1.84 bits per heavy atom. The van der Waals surface area contributed by atoms with E-state index in [1.54, 1.807) is 49.4 Å². The second-order valence-corrected chi connectivity index (χ2v) is 6.40. The summed E-state index contributed by atoms with van der Waals surface area (Å²) in [5.74, 6) is -0.419. The molecule has 2 aromatic carbocycles. The Labute approximate surface area is 151 Å². The van der Waals surface area contributed by atoms with Gasteiger partial charge in [-0.2, -0.15) is 0 Å². The number of rotatable bonds is 4. The van der Waals surface area contributed by atoms with Crippen molar-refractivity contribution in [3.05, 3.63) is 73.8 Å². The molecule has 1 amide bonds.